The fraction of sp³-hybridized carbons (Fsp3) is 0.273. The lowest BCUT2D eigenvalue weighted by molar-refractivity contribution is 0.0678. The predicted octanol–water partition coefficient (Wildman–Crippen LogP) is 3.92. The molecular formula is C22H20O8. The van der Waals surface area contributed by atoms with Gasteiger partial charge in [-0.15, -0.1) is 0 Å². The highest BCUT2D eigenvalue weighted by molar-refractivity contribution is 5.94. The summed E-state index contributed by atoms with van der Waals surface area (Å²) in [6.07, 6.45) is 2.13. The highest BCUT2D eigenvalue weighted by atomic mass is 16.4. The second kappa shape index (κ2) is 8.36. The van der Waals surface area contributed by atoms with Gasteiger partial charge in [-0.3, -0.25) is 0 Å². The second-order valence-electron chi connectivity index (χ2n) is 7.37. The molecule has 1 saturated carbocycles. The van der Waals surface area contributed by atoms with Gasteiger partial charge in [0.2, 0.25) is 0 Å². The first-order chi connectivity index (χ1) is 14.2. The molecule has 0 atom stereocenters. The number of rotatable bonds is 6. The van der Waals surface area contributed by atoms with E-state index < -0.39 is 23.9 Å². The Balaban J connectivity index is 1.89. The molecule has 0 aliphatic heterocycles. The van der Waals surface area contributed by atoms with E-state index in [4.69, 9.17) is 0 Å². The van der Waals surface area contributed by atoms with Crippen molar-refractivity contribution in [2.45, 2.75) is 37.5 Å². The molecule has 0 aromatic heterocycles. The minimum atomic E-state index is -1.14. The number of hydrogen-bond acceptors (Lipinski definition) is 4. The Bertz CT molecular complexity index is 948. The quantitative estimate of drug-likeness (QED) is 0.558. The van der Waals surface area contributed by atoms with E-state index in [1.807, 2.05) is 0 Å². The monoisotopic (exact) mass is 412 g/mol. The van der Waals surface area contributed by atoms with E-state index in [0.29, 0.717) is 36.8 Å². The molecule has 0 amide bonds. The number of carboxylic acids is 4. The van der Waals surface area contributed by atoms with Gasteiger partial charge in [-0.25, -0.2) is 19.2 Å². The average Bonchev–Trinajstić information content (AvgIpc) is 2.72. The van der Waals surface area contributed by atoms with Crippen molar-refractivity contribution in [3.63, 3.8) is 0 Å². The van der Waals surface area contributed by atoms with E-state index in [-0.39, 0.29) is 34.1 Å². The third-order valence-electron chi connectivity index (χ3n) is 5.66. The summed E-state index contributed by atoms with van der Waals surface area (Å²) in [5, 5.41) is 37.4. The van der Waals surface area contributed by atoms with E-state index in [1.165, 1.54) is 36.4 Å². The van der Waals surface area contributed by atoms with Crippen LogP contribution < -0.4 is 0 Å². The van der Waals surface area contributed by atoms with Crippen LogP contribution in [0.3, 0.4) is 0 Å². The zero-order chi connectivity index (χ0) is 22.0. The summed E-state index contributed by atoms with van der Waals surface area (Å²) in [4.78, 5) is 45.8. The van der Waals surface area contributed by atoms with Crippen molar-refractivity contribution in [1.82, 2.24) is 0 Å². The Kier molecular flexibility index (Phi) is 5.86. The van der Waals surface area contributed by atoms with E-state index in [0.717, 1.165) is 0 Å². The molecule has 0 spiro atoms. The highest BCUT2D eigenvalue weighted by Crippen LogP contribution is 2.42. The average molecular weight is 412 g/mol. The Hall–Kier alpha value is -3.68. The van der Waals surface area contributed by atoms with E-state index in [1.54, 1.807) is 0 Å². The van der Waals surface area contributed by atoms with Crippen molar-refractivity contribution in [1.29, 1.82) is 0 Å². The molecule has 4 N–H and O–H groups in total. The van der Waals surface area contributed by atoms with Crippen LogP contribution in [0.25, 0.3) is 0 Å². The first kappa shape index (κ1) is 21.0. The van der Waals surface area contributed by atoms with Crippen molar-refractivity contribution in [3.05, 3.63) is 69.8 Å². The van der Waals surface area contributed by atoms with Gasteiger partial charge in [0, 0.05) is 0 Å². The van der Waals surface area contributed by atoms with Gasteiger partial charge in [-0.1, -0.05) is 0 Å². The maximum Gasteiger partial charge on any atom is 0.335 e. The Morgan fingerprint density at radius 3 is 1.17 bits per heavy atom. The molecule has 30 heavy (non-hydrogen) atoms. The molecule has 2 aromatic rings. The summed E-state index contributed by atoms with van der Waals surface area (Å²) in [5.41, 5.74) is 1.06. The SMILES string of the molecule is O=C(O)c1ccc(C(=O)O)c(C2CCC(c3cc(C(=O)O)ccc3C(=O)O)CC2)c1. The second-order valence-corrected chi connectivity index (χ2v) is 7.37. The van der Waals surface area contributed by atoms with Crippen LogP contribution in [0.5, 0.6) is 0 Å². The number of hydrogen-bond donors (Lipinski definition) is 4. The van der Waals surface area contributed by atoms with Crippen LogP contribution in [0, 0.1) is 0 Å². The number of benzene rings is 2. The van der Waals surface area contributed by atoms with Gasteiger partial charge < -0.3 is 20.4 Å². The van der Waals surface area contributed by atoms with Crippen molar-refractivity contribution < 1.29 is 39.6 Å². The van der Waals surface area contributed by atoms with Crippen LogP contribution in [0.15, 0.2) is 36.4 Å². The van der Waals surface area contributed by atoms with Gasteiger partial charge in [0.15, 0.2) is 0 Å². The van der Waals surface area contributed by atoms with Crippen LogP contribution in [0.4, 0.5) is 0 Å². The van der Waals surface area contributed by atoms with Crippen LogP contribution in [-0.4, -0.2) is 44.3 Å². The maximum atomic E-state index is 11.6. The summed E-state index contributed by atoms with van der Waals surface area (Å²) >= 11 is 0. The molecule has 2 aromatic carbocycles. The third kappa shape index (κ3) is 4.17. The van der Waals surface area contributed by atoms with E-state index in [2.05, 4.69) is 0 Å². The smallest absolute Gasteiger partial charge is 0.335 e. The Labute approximate surface area is 171 Å². The summed E-state index contributed by atoms with van der Waals surface area (Å²) in [6, 6.07) is 7.90. The maximum absolute atomic E-state index is 11.6. The van der Waals surface area contributed by atoms with Gasteiger partial charge in [-0.2, -0.15) is 0 Å². The van der Waals surface area contributed by atoms with Gasteiger partial charge in [-0.05, 0) is 85.0 Å². The lowest BCUT2D eigenvalue weighted by Crippen LogP contribution is -2.18. The minimum absolute atomic E-state index is 0.0134. The van der Waals surface area contributed by atoms with Gasteiger partial charge >= 0.3 is 23.9 Å². The fourth-order valence-electron chi connectivity index (χ4n) is 4.17. The Morgan fingerprint density at radius 2 is 0.900 bits per heavy atom. The largest absolute Gasteiger partial charge is 0.478 e. The van der Waals surface area contributed by atoms with Crippen molar-refractivity contribution in [2.24, 2.45) is 0 Å². The number of carbonyl (C=O) groups is 4. The molecular weight excluding hydrogens is 392 g/mol. The molecule has 1 aliphatic carbocycles. The van der Waals surface area contributed by atoms with Crippen LogP contribution >= 0.6 is 0 Å². The van der Waals surface area contributed by atoms with Crippen molar-refractivity contribution in [3.8, 4) is 0 Å². The normalized spacial score (nSPS) is 18.5. The molecule has 0 saturated heterocycles. The zero-order valence-electron chi connectivity index (χ0n) is 15.9. The molecule has 0 unspecified atom stereocenters. The van der Waals surface area contributed by atoms with Gasteiger partial charge in [0.1, 0.15) is 0 Å². The predicted molar refractivity (Wildman–Crippen MR) is 105 cm³/mol. The topological polar surface area (TPSA) is 149 Å². The summed E-state index contributed by atoms with van der Waals surface area (Å²) in [5.74, 6) is -4.90. The molecule has 0 radical (unpaired) electrons. The molecule has 1 aliphatic rings. The molecule has 3 rings (SSSR count). The minimum Gasteiger partial charge on any atom is -0.478 e. The fourth-order valence-corrected chi connectivity index (χ4v) is 4.17. The van der Waals surface area contributed by atoms with Crippen molar-refractivity contribution in [2.75, 3.05) is 0 Å². The molecule has 156 valence electrons. The Morgan fingerprint density at radius 1 is 0.567 bits per heavy atom. The summed E-state index contributed by atoms with van der Waals surface area (Å²) < 4.78 is 0. The summed E-state index contributed by atoms with van der Waals surface area (Å²) in [6.45, 7) is 0. The molecule has 8 nitrogen and oxygen atoms in total. The number of aromatic carboxylic acids is 4. The zero-order valence-corrected chi connectivity index (χ0v) is 15.9. The first-order valence-electron chi connectivity index (χ1n) is 9.40. The van der Waals surface area contributed by atoms with E-state index in [9.17, 15) is 39.6 Å². The van der Waals surface area contributed by atoms with Gasteiger partial charge in [0.25, 0.3) is 0 Å². The summed E-state index contributed by atoms with van der Waals surface area (Å²) in [7, 11) is 0. The van der Waals surface area contributed by atoms with Crippen LogP contribution in [0.2, 0.25) is 0 Å². The van der Waals surface area contributed by atoms with Gasteiger partial charge in [0.05, 0.1) is 22.3 Å². The first-order valence-corrected chi connectivity index (χ1v) is 9.40. The molecule has 8 heteroatoms. The third-order valence-corrected chi connectivity index (χ3v) is 5.66. The number of carboxylic acid groups (broad SMARTS) is 4. The van der Waals surface area contributed by atoms with E-state index >= 15 is 0 Å². The van der Waals surface area contributed by atoms with Crippen molar-refractivity contribution >= 4 is 23.9 Å². The molecule has 0 bridgehead atoms. The lowest BCUT2D eigenvalue weighted by atomic mass is 9.74. The lowest BCUT2D eigenvalue weighted by Gasteiger charge is -2.30. The molecule has 1 fully saturated rings. The van der Waals surface area contributed by atoms with Crippen LogP contribution in [-0.2, 0) is 0 Å². The standard InChI is InChI=1S/C22H20O8/c23-19(24)13-5-7-15(21(27)28)17(9-13)11-1-2-12(4-3-11)18-10-14(20(25)26)6-8-16(18)22(29)30/h5-12H,1-4H2,(H,23,24)(H,25,26)(H,27,28)(H,29,30). The highest BCUT2D eigenvalue weighted by Gasteiger charge is 2.29. The molecule has 0 heterocycles. The van der Waals surface area contributed by atoms with Crippen LogP contribution in [0.1, 0.15) is 90.1 Å².